The molecule has 2 atom stereocenters. The van der Waals surface area contributed by atoms with Crippen molar-refractivity contribution in [2.45, 2.75) is 25.5 Å². The molecule has 1 heterocycles. The largest absolute Gasteiger partial charge is 0.456 e. The summed E-state index contributed by atoms with van der Waals surface area (Å²) in [6.07, 6.45) is 3.39. The lowest BCUT2D eigenvalue weighted by Crippen LogP contribution is -2.49. The first-order valence-corrected chi connectivity index (χ1v) is 6.24. The van der Waals surface area contributed by atoms with Gasteiger partial charge in [0, 0.05) is 20.0 Å². The second kappa shape index (κ2) is 5.69. The number of benzene rings is 1. The summed E-state index contributed by atoms with van der Waals surface area (Å²) in [5.74, 6) is -0.403. The van der Waals surface area contributed by atoms with Crippen LogP contribution in [-0.4, -0.2) is 36.0 Å². The third-order valence-corrected chi connectivity index (χ3v) is 3.24. The van der Waals surface area contributed by atoms with Crippen molar-refractivity contribution < 1.29 is 14.3 Å². The molecule has 19 heavy (non-hydrogen) atoms. The van der Waals surface area contributed by atoms with Crippen molar-refractivity contribution in [1.82, 2.24) is 4.90 Å². The van der Waals surface area contributed by atoms with E-state index < -0.39 is 0 Å². The summed E-state index contributed by atoms with van der Waals surface area (Å²) in [7, 11) is 1.73. The molecule has 0 radical (unpaired) electrons. The van der Waals surface area contributed by atoms with Crippen LogP contribution < -0.4 is 0 Å². The van der Waals surface area contributed by atoms with Gasteiger partial charge in [-0.15, -0.1) is 0 Å². The number of ether oxygens (including phenoxy) is 1. The van der Waals surface area contributed by atoms with Crippen molar-refractivity contribution in [3.05, 3.63) is 48.0 Å². The molecule has 0 spiro atoms. The van der Waals surface area contributed by atoms with Gasteiger partial charge in [-0.3, -0.25) is 9.59 Å². The van der Waals surface area contributed by atoms with Gasteiger partial charge in [-0.2, -0.15) is 0 Å². The van der Waals surface area contributed by atoms with Crippen LogP contribution in [0.15, 0.2) is 42.5 Å². The summed E-state index contributed by atoms with van der Waals surface area (Å²) in [4.78, 5) is 24.5. The predicted octanol–water partition coefficient (Wildman–Crippen LogP) is 1.56. The van der Waals surface area contributed by atoms with Gasteiger partial charge in [0.1, 0.15) is 6.10 Å². The Labute approximate surface area is 112 Å². The Morgan fingerprint density at radius 2 is 2.00 bits per heavy atom. The summed E-state index contributed by atoms with van der Waals surface area (Å²) >= 11 is 0. The van der Waals surface area contributed by atoms with Gasteiger partial charge in [-0.25, -0.2) is 0 Å². The van der Waals surface area contributed by atoms with Crippen LogP contribution in [0.25, 0.3) is 0 Å². The molecule has 4 nitrogen and oxygen atoms in total. The first-order chi connectivity index (χ1) is 9.08. The van der Waals surface area contributed by atoms with Crippen LogP contribution in [0.3, 0.4) is 0 Å². The third kappa shape index (κ3) is 3.22. The number of carbonyl (C=O) groups excluding carboxylic acids is 2. The highest BCUT2D eigenvalue weighted by molar-refractivity contribution is 5.89. The quantitative estimate of drug-likeness (QED) is 0.774. The fourth-order valence-corrected chi connectivity index (χ4v) is 2.22. The molecule has 0 fully saturated rings. The molecule has 0 aliphatic carbocycles. The highest BCUT2D eigenvalue weighted by Crippen LogP contribution is 2.19. The maximum atomic E-state index is 11.7. The first-order valence-electron chi connectivity index (χ1n) is 6.24. The molecule has 1 aromatic rings. The van der Waals surface area contributed by atoms with Crippen molar-refractivity contribution in [3.63, 3.8) is 0 Å². The van der Waals surface area contributed by atoms with E-state index in [9.17, 15) is 9.59 Å². The Morgan fingerprint density at radius 1 is 1.32 bits per heavy atom. The number of hydrogen-bond donors (Lipinski definition) is 0. The van der Waals surface area contributed by atoms with Gasteiger partial charge in [0.05, 0.1) is 6.04 Å². The fourth-order valence-electron chi connectivity index (χ4n) is 2.22. The topological polar surface area (TPSA) is 46.6 Å². The van der Waals surface area contributed by atoms with Crippen molar-refractivity contribution in [2.24, 2.45) is 0 Å². The normalized spacial score (nSPS) is 22.4. The monoisotopic (exact) mass is 259 g/mol. The molecule has 0 saturated heterocycles. The Kier molecular flexibility index (Phi) is 4.00. The molecule has 2 rings (SSSR count). The molecule has 100 valence electrons. The maximum absolute atomic E-state index is 11.7. The Balaban J connectivity index is 2.19. The van der Waals surface area contributed by atoms with E-state index in [1.807, 2.05) is 30.3 Å². The van der Waals surface area contributed by atoms with E-state index in [4.69, 9.17) is 4.74 Å². The minimum Gasteiger partial charge on any atom is -0.456 e. The summed E-state index contributed by atoms with van der Waals surface area (Å²) in [6.45, 7) is 1.38. The molecule has 1 aromatic carbocycles. The van der Waals surface area contributed by atoms with Crippen LogP contribution in [0.4, 0.5) is 0 Å². The summed E-state index contributed by atoms with van der Waals surface area (Å²) in [6, 6.07) is 9.70. The lowest BCUT2D eigenvalue weighted by atomic mass is 9.97. The summed E-state index contributed by atoms with van der Waals surface area (Å²) < 4.78 is 5.28. The minimum atomic E-state index is -0.389. The number of amides is 1. The van der Waals surface area contributed by atoms with E-state index in [-0.39, 0.29) is 24.0 Å². The van der Waals surface area contributed by atoms with E-state index in [1.165, 1.54) is 13.0 Å². The molecule has 4 heteroatoms. The van der Waals surface area contributed by atoms with Crippen molar-refractivity contribution in [2.75, 3.05) is 7.05 Å². The average Bonchev–Trinajstić information content (AvgIpc) is 2.39. The van der Waals surface area contributed by atoms with Gasteiger partial charge in [-0.05, 0) is 18.1 Å². The molecule has 0 N–H and O–H groups in total. The van der Waals surface area contributed by atoms with Crippen LogP contribution in [-0.2, 0) is 20.7 Å². The molecular weight excluding hydrogens is 242 g/mol. The molecule has 0 bridgehead atoms. The predicted molar refractivity (Wildman–Crippen MR) is 71.4 cm³/mol. The second-order valence-corrected chi connectivity index (χ2v) is 4.64. The highest BCUT2D eigenvalue weighted by Gasteiger charge is 2.31. The van der Waals surface area contributed by atoms with Crippen molar-refractivity contribution in [1.29, 1.82) is 0 Å². The summed E-state index contributed by atoms with van der Waals surface area (Å²) in [5.41, 5.74) is 1.11. The van der Waals surface area contributed by atoms with Gasteiger partial charge >= 0.3 is 5.97 Å². The number of carbonyl (C=O) groups is 2. The zero-order valence-corrected chi connectivity index (χ0v) is 11.1. The van der Waals surface area contributed by atoms with Gasteiger partial charge in [-0.1, -0.05) is 30.3 Å². The van der Waals surface area contributed by atoms with Crippen molar-refractivity contribution >= 4 is 11.9 Å². The molecule has 1 aliphatic rings. The van der Waals surface area contributed by atoms with E-state index in [0.29, 0.717) is 6.42 Å². The fraction of sp³-hybridized carbons (Fsp3) is 0.333. The van der Waals surface area contributed by atoms with Gasteiger partial charge in [0.15, 0.2) is 0 Å². The van der Waals surface area contributed by atoms with E-state index in [2.05, 4.69) is 0 Å². The van der Waals surface area contributed by atoms with Gasteiger partial charge in [0.25, 0.3) is 0 Å². The average molecular weight is 259 g/mol. The number of rotatable bonds is 3. The van der Waals surface area contributed by atoms with Gasteiger partial charge < -0.3 is 9.64 Å². The van der Waals surface area contributed by atoms with Crippen LogP contribution >= 0.6 is 0 Å². The molecule has 1 aliphatic heterocycles. The highest BCUT2D eigenvalue weighted by atomic mass is 16.5. The molecule has 0 unspecified atom stereocenters. The SMILES string of the molecule is CC(=O)O[C@H]1C=CC(=O)N(C)[C@H]1Cc1ccccc1. The number of likely N-dealkylation sites (N-methyl/N-ethyl adjacent to an activating group) is 1. The number of nitrogens with zero attached hydrogens (tertiary/aromatic N) is 1. The lowest BCUT2D eigenvalue weighted by Gasteiger charge is -2.35. The van der Waals surface area contributed by atoms with Crippen LogP contribution in [0.2, 0.25) is 0 Å². The van der Waals surface area contributed by atoms with Crippen LogP contribution in [0, 0.1) is 0 Å². The Bertz CT molecular complexity index is 495. The van der Waals surface area contributed by atoms with Gasteiger partial charge in [0.2, 0.25) is 5.91 Å². The van der Waals surface area contributed by atoms with Crippen LogP contribution in [0.1, 0.15) is 12.5 Å². The maximum Gasteiger partial charge on any atom is 0.303 e. The molecule has 1 amide bonds. The number of esters is 1. The molecule has 0 aromatic heterocycles. The zero-order chi connectivity index (χ0) is 13.8. The Morgan fingerprint density at radius 3 is 2.63 bits per heavy atom. The van der Waals surface area contributed by atoms with Crippen LogP contribution in [0.5, 0.6) is 0 Å². The first kappa shape index (κ1) is 13.3. The second-order valence-electron chi connectivity index (χ2n) is 4.64. The standard InChI is InChI=1S/C15H17NO3/c1-11(17)19-14-8-9-15(18)16(2)13(14)10-12-6-4-3-5-7-12/h3-9,13-14H,10H2,1-2H3/t13-,14-/m0/s1. The third-order valence-electron chi connectivity index (χ3n) is 3.24. The van der Waals surface area contributed by atoms with E-state index in [0.717, 1.165) is 5.56 Å². The van der Waals surface area contributed by atoms with Crippen molar-refractivity contribution in [3.8, 4) is 0 Å². The number of hydrogen-bond acceptors (Lipinski definition) is 3. The Hall–Kier alpha value is -2.10. The minimum absolute atomic E-state index is 0.0654. The summed E-state index contributed by atoms with van der Waals surface area (Å²) in [5, 5.41) is 0. The van der Waals surface area contributed by atoms with E-state index in [1.54, 1.807) is 18.0 Å². The zero-order valence-electron chi connectivity index (χ0n) is 11.1. The van der Waals surface area contributed by atoms with E-state index >= 15 is 0 Å². The molecular formula is C15H17NO3. The lowest BCUT2D eigenvalue weighted by molar-refractivity contribution is -0.150. The molecule has 0 saturated carbocycles. The smallest absolute Gasteiger partial charge is 0.303 e.